The molecule has 0 spiro atoms. The van der Waals surface area contributed by atoms with Crippen molar-refractivity contribution in [3.63, 3.8) is 0 Å². The Morgan fingerprint density at radius 3 is 1.11 bits per heavy atom. The van der Waals surface area contributed by atoms with Gasteiger partial charge in [-0.05, 0) is 40.0 Å². The van der Waals surface area contributed by atoms with E-state index >= 15 is 0 Å². The van der Waals surface area contributed by atoms with Crippen molar-refractivity contribution < 1.29 is 117 Å². The second kappa shape index (κ2) is 42.7. The Kier molecular flexibility index (Phi) is 39.4. The number of ether oxygens (including phenoxy) is 7. The van der Waals surface area contributed by atoms with Crippen LogP contribution in [0.5, 0.6) is 0 Å². The molecule has 0 aliphatic carbocycles. The molecule has 0 saturated heterocycles. The van der Waals surface area contributed by atoms with Gasteiger partial charge < -0.3 is 122 Å². The van der Waals surface area contributed by atoms with Gasteiger partial charge in [-0.3, -0.25) is 38.4 Å². The summed E-state index contributed by atoms with van der Waals surface area (Å²) in [5.74, 6) is -7.41. The average molecular weight is 1160 g/mol. The molecule has 5 unspecified atom stereocenters. The molecule has 0 aromatic carbocycles. The first-order valence-electron chi connectivity index (χ1n) is 25.4. The molecule has 0 radical (unpaired) electrons. The molecule has 5 atom stereocenters. The molecule has 0 rings (SSSR count). The van der Waals surface area contributed by atoms with Gasteiger partial charge in [0.15, 0.2) is 18.9 Å². The number of aliphatic hydroxyl groups excluding tert-OH is 9. The van der Waals surface area contributed by atoms with Crippen molar-refractivity contribution in [2.45, 2.75) is 117 Å². The fraction of sp³-hybridized carbons (Fsp3) is 0.708. The standard InChI is InChI=1S/C48H84N8O24/c1-7-80-48(5,6)13-12-39(68)56-33(44(70)51-16-19-76-22-25-79-47(73)42(36(65)28-59)54-31(4)62)9-11-38(67)55-32(43(69)50-15-18-75-21-24-78-46(72)41(35(64)27-58)53-30(3)61)8-10-37(66)49-14-17-74-20-23-77-45(71)40(34(63)26-57)52-29(2)60/h32-33,45-47,57-59,63-65,71-73H,7-28H2,1-6H3,(H,49,66)(H,50,69)(H,51,70)(H,52,60)(H,53,61)(H,54,62)(H,55,67)(H,56,68)/b40-34+,41-35+,42-36-. The van der Waals surface area contributed by atoms with E-state index in [1.54, 1.807) is 20.8 Å². The van der Waals surface area contributed by atoms with E-state index in [4.69, 9.17) is 38.3 Å². The third-order valence-corrected chi connectivity index (χ3v) is 10.3. The highest BCUT2D eigenvalue weighted by Crippen LogP contribution is 2.17. The Bertz CT molecular complexity index is 2020. The summed E-state index contributed by atoms with van der Waals surface area (Å²) in [5, 5.41) is 107. The zero-order valence-corrected chi connectivity index (χ0v) is 46.1. The van der Waals surface area contributed by atoms with Crippen molar-refractivity contribution in [2.24, 2.45) is 0 Å². The summed E-state index contributed by atoms with van der Waals surface area (Å²) < 4.78 is 37.2. The van der Waals surface area contributed by atoms with Gasteiger partial charge in [0.25, 0.3) is 0 Å². The molecule has 0 heterocycles. The number of aliphatic hydroxyl groups is 9. The second-order valence-electron chi connectivity index (χ2n) is 17.5. The van der Waals surface area contributed by atoms with Gasteiger partial charge in [-0.2, -0.15) is 0 Å². The quantitative estimate of drug-likeness (QED) is 0.0155. The molecule has 0 aromatic heterocycles. The number of rotatable bonds is 45. The minimum atomic E-state index is -1.83. The lowest BCUT2D eigenvalue weighted by atomic mass is 10.0. The molecular weight excluding hydrogens is 1070 g/mol. The van der Waals surface area contributed by atoms with Gasteiger partial charge in [0.2, 0.25) is 47.3 Å². The van der Waals surface area contributed by atoms with E-state index in [0.29, 0.717) is 6.61 Å². The minimum Gasteiger partial charge on any atom is -0.508 e. The van der Waals surface area contributed by atoms with Crippen molar-refractivity contribution >= 4 is 47.3 Å². The third-order valence-electron chi connectivity index (χ3n) is 10.3. The number of amides is 8. The van der Waals surface area contributed by atoms with Crippen molar-refractivity contribution in [3.05, 3.63) is 34.4 Å². The number of hydrogen-bond acceptors (Lipinski definition) is 24. The van der Waals surface area contributed by atoms with Crippen LogP contribution in [0.15, 0.2) is 34.4 Å². The number of carbonyl (C=O) groups excluding carboxylic acids is 8. The highest BCUT2D eigenvalue weighted by Gasteiger charge is 2.27. The predicted molar refractivity (Wildman–Crippen MR) is 276 cm³/mol. The van der Waals surface area contributed by atoms with Crippen LogP contribution in [0.2, 0.25) is 0 Å². The number of carbonyl (C=O) groups is 8. The SMILES string of the molecule is CCOC(C)(C)CCC(=O)NC(CCC(=O)NC(CCC(=O)NCCOCCOC(O)/C(NC(C)=O)=C(\O)CO)C(=O)NCCOCCOC(O)/C(NC(C)=O)=C(\O)CO)C(=O)NCCOCCOC(O)/C(NC(C)=O)=C(/O)CO. The maximum atomic E-state index is 13.5. The molecule has 0 aliphatic heterocycles. The van der Waals surface area contributed by atoms with Gasteiger partial charge in [-0.1, -0.05) is 0 Å². The van der Waals surface area contributed by atoms with E-state index in [1.807, 2.05) is 0 Å². The van der Waals surface area contributed by atoms with Crippen molar-refractivity contribution in [2.75, 3.05) is 106 Å². The zero-order valence-electron chi connectivity index (χ0n) is 46.1. The molecule has 80 heavy (non-hydrogen) atoms. The Labute approximate surface area is 462 Å². The smallest absolute Gasteiger partial charge is 0.242 e. The summed E-state index contributed by atoms with van der Waals surface area (Å²) >= 11 is 0. The molecule has 17 N–H and O–H groups in total. The molecular formula is C48H84N8O24. The Balaban J connectivity index is 5.82. The van der Waals surface area contributed by atoms with Crippen molar-refractivity contribution in [1.82, 2.24) is 42.5 Å². The maximum absolute atomic E-state index is 13.5. The van der Waals surface area contributed by atoms with Crippen molar-refractivity contribution in [1.29, 1.82) is 0 Å². The first-order valence-corrected chi connectivity index (χ1v) is 25.4. The Hall–Kier alpha value is -6.14. The summed E-state index contributed by atoms with van der Waals surface area (Å²) in [6, 6.07) is -2.60. The first-order chi connectivity index (χ1) is 37.8. The molecule has 0 aliphatic rings. The third kappa shape index (κ3) is 34.8. The molecule has 460 valence electrons. The van der Waals surface area contributed by atoms with E-state index in [2.05, 4.69) is 42.5 Å². The molecule has 8 amide bonds. The summed E-state index contributed by atoms with van der Waals surface area (Å²) in [6.45, 7) is 4.71. The fourth-order valence-electron chi connectivity index (χ4n) is 6.46. The predicted octanol–water partition coefficient (Wildman–Crippen LogP) is -4.79. The lowest BCUT2D eigenvalue weighted by Crippen LogP contribution is -2.50. The van der Waals surface area contributed by atoms with Gasteiger partial charge in [0.1, 0.15) is 66.3 Å². The van der Waals surface area contributed by atoms with Gasteiger partial charge >= 0.3 is 0 Å². The molecule has 0 fully saturated rings. The van der Waals surface area contributed by atoms with Gasteiger partial charge in [-0.15, -0.1) is 0 Å². The van der Waals surface area contributed by atoms with Crippen LogP contribution in [0.1, 0.15) is 80.1 Å². The van der Waals surface area contributed by atoms with E-state index in [-0.39, 0.29) is 111 Å². The van der Waals surface area contributed by atoms with Crippen LogP contribution < -0.4 is 42.5 Å². The molecule has 0 bridgehead atoms. The van der Waals surface area contributed by atoms with E-state index < -0.39 is 144 Å². The largest absolute Gasteiger partial charge is 0.508 e. The molecule has 0 aromatic rings. The Morgan fingerprint density at radius 1 is 0.463 bits per heavy atom. The zero-order chi connectivity index (χ0) is 60.6. The summed E-state index contributed by atoms with van der Waals surface area (Å²) in [6.07, 6.45) is -6.44. The lowest BCUT2D eigenvalue weighted by Gasteiger charge is -2.25. The molecule has 32 nitrogen and oxygen atoms in total. The van der Waals surface area contributed by atoms with Crippen LogP contribution in [0.25, 0.3) is 0 Å². The van der Waals surface area contributed by atoms with Gasteiger partial charge in [0.05, 0.1) is 65.1 Å². The van der Waals surface area contributed by atoms with Crippen LogP contribution in [-0.2, 0) is 71.5 Å². The van der Waals surface area contributed by atoms with Crippen LogP contribution in [0, 0.1) is 0 Å². The van der Waals surface area contributed by atoms with Crippen LogP contribution in [0.3, 0.4) is 0 Å². The summed E-state index contributed by atoms with van der Waals surface area (Å²) in [5.41, 5.74) is -2.07. The Morgan fingerprint density at radius 2 is 0.787 bits per heavy atom. The lowest BCUT2D eigenvalue weighted by molar-refractivity contribution is -0.132. The average Bonchev–Trinajstić information content (AvgIpc) is 3.40. The van der Waals surface area contributed by atoms with Gasteiger partial charge in [0, 0.05) is 66.3 Å². The number of nitrogens with one attached hydrogen (secondary N) is 8. The van der Waals surface area contributed by atoms with Crippen LogP contribution in [0.4, 0.5) is 0 Å². The number of hydrogen-bond donors (Lipinski definition) is 17. The topological polar surface area (TPSA) is 479 Å². The summed E-state index contributed by atoms with van der Waals surface area (Å²) in [7, 11) is 0. The van der Waals surface area contributed by atoms with E-state index in [9.17, 15) is 79.2 Å². The second-order valence-corrected chi connectivity index (χ2v) is 17.5. The molecule has 32 heteroatoms. The van der Waals surface area contributed by atoms with Gasteiger partial charge in [-0.25, -0.2) is 0 Å². The van der Waals surface area contributed by atoms with E-state index in [1.165, 1.54) is 0 Å². The molecule has 0 saturated carbocycles. The van der Waals surface area contributed by atoms with Crippen LogP contribution >= 0.6 is 0 Å². The van der Waals surface area contributed by atoms with Crippen LogP contribution in [-0.4, -0.2) is 235 Å². The fourth-order valence-corrected chi connectivity index (χ4v) is 6.46. The van der Waals surface area contributed by atoms with Crippen molar-refractivity contribution in [3.8, 4) is 0 Å². The minimum absolute atomic E-state index is 0.0284. The normalized spacial score (nSPS) is 14.3. The highest BCUT2D eigenvalue weighted by molar-refractivity contribution is 5.90. The monoisotopic (exact) mass is 1160 g/mol. The highest BCUT2D eigenvalue weighted by atomic mass is 16.6. The maximum Gasteiger partial charge on any atom is 0.242 e. The first kappa shape index (κ1) is 73.9. The van der Waals surface area contributed by atoms with E-state index in [0.717, 1.165) is 20.8 Å². The summed E-state index contributed by atoms with van der Waals surface area (Å²) in [4.78, 5) is 101.